The summed E-state index contributed by atoms with van der Waals surface area (Å²) < 4.78 is 5.28. The molecule has 0 spiro atoms. The summed E-state index contributed by atoms with van der Waals surface area (Å²) in [5.41, 5.74) is 1.01. The predicted octanol–water partition coefficient (Wildman–Crippen LogP) is 1.66. The van der Waals surface area contributed by atoms with Gasteiger partial charge in [0, 0.05) is 32.1 Å². The number of amides is 2. The van der Waals surface area contributed by atoms with Crippen LogP contribution in [0.2, 0.25) is 10.0 Å². The van der Waals surface area contributed by atoms with E-state index in [1.807, 2.05) is 6.07 Å². The van der Waals surface area contributed by atoms with Crippen molar-refractivity contribution >= 4 is 35.0 Å². The summed E-state index contributed by atoms with van der Waals surface area (Å²) in [7, 11) is 0. The largest absolute Gasteiger partial charge is 0.379 e. The topological polar surface area (TPSA) is 70.7 Å². The molecule has 8 heteroatoms. The van der Waals surface area contributed by atoms with E-state index in [0.29, 0.717) is 16.6 Å². The average molecular weight is 400 g/mol. The highest BCUT2D eigenvalue weighted by Gasteiger charge is 2.44. The standard InChI is InChI=1S/C18H23Cl2N3O3/c19-15-2-1-12(9-16(15)20)13-10-14(13)18(25)22-11-17(24)21-3-4-23-5-7-26-8-6-23/h1-2,9,13-14H,3-8,10-11H2,(H,21,24)(H,22,25). The first-order chi connectivity index (χ1) is 12.5. The SMILES string of the molecule is O=C(CNC(=O)C1CC1c1ccc(Cl)c(Cl)c1)NCCN1CCOCC1. The van der Waals surface area contributed by atoms with Crippen LogP contribution in [-0.2, 0) is 14.3 Å². The van der Waals surface area contributed by atoms with Gasteiger partial charge in [-0.15, -0.1) is 0 Å². The Balaban J connectivity index is 1.33. The van der Waals surface area contributed by atoms with Gasteiger partial charge < -0.3 is 15.4 Å². The van der Waals surface area contributed by atoms with Crippen LogP contribution in [0.5, 0.6) is 0 Å². The number of ether oxygens (including phenoxy) is 1. The van der Waals surface area contributed by atoms with Crippen LogP contribution in [0.1, 0.15) is 17.9 Å². The lowest BCUT2D eigenvalue weighted by Crippen LogP contribution is -2.43. The second-order valence-electron chi connectivity index (χ2n) is 6.64. The van der Waals surface area contributed by atoms with Crippen LogP contribution in [0.4, 0.5) is 0 Å². The quantitative estimate of drug-likeness (QED) is 0.731. The first-order valence-electron chi connectivity index (χ1n) is 8.84. The molecule has 2 amide bonds. The monoisotopic (exact) mass is 399 g/mol. The van der Waals surface area contributed by atoms with Crippen LogP contribution < -0.4 is 10.6 Å². The van der Waals surface area contributed by atoms with Gasteiger partial charge in [0.2, 0.25) is 11.8 Å². The fourth-order valence-corrected chi connectivity index (χ4v) is 3.44. The van der Waals surface area contributed by atoms with E-state index in [9.17, 15) is 9.59 Å². The molecule has 0 bridgehead atoms. The predicted molar refractivity (Wildman–Crippen MR) is 101 cm³/mol. The second-order valence-corrected chi connectivity index (χ2v) is 7.46. The van der Waals surface area contributed by atoms with Crippen LogP contribution in [0, 0.1) is 5.92 Å². The van der Waals surface area contributed by atoms with E-state index in [1.54, 1.807) is 12.1 Å². The normalized spacial score (nSPS) is 22.7. The van der Waals surface area contributed by atoms with Crippen molar-refractivity contribution in [2.24, 2.45) is 5.92 Å². The molecule has 6 nitrogen and oxygen atoms in total. The van der Waals surface area contributed by atoms with E-state index >= 15 is 0 Å². The summed E-state index contributed by atoms with van der Waals surface area (Å²) in [6.07, 6.45) is 0.766. The highest BCUT2D eigenvalue weighted by Crippen LogP contribution is 2.48. The molecule has 2 N–H and O–H groups in total. The Morgan fingerprint density at radius 3 is 2.65 bits per heavy atom. The van der Waals surface area contributed by atoms with Gasteiger partial charge >= 0.3 is 0 Å². The third-order valence-corrected chi connectivity index (χ3v) is 5.52. The fourth-order valence-electron chi connectivity index (χ4n) is 3.14. The Bertz CT molecular complexity index is 665. The summed E-state index contributed by atoms with van der Waals surface area (Å²) in [5.74, 6) is -0.217. The minimum absolute atomic E-state index is 0.00649. The third kappa shape index (κ3) is 5.33. The number of halogens is 2. The number of nitrogens with zero attached hydrogens (tertiary/aromatic N) is 1. The maximum Gasteiger partial charge on any atom is 0.239 e. The van der Waals surface area contributed by atoms with E-state index in [-0.39, 0.29) is 30.2 Å². The van der Waals surface area contributed by atoms with Crippen molar-refractivity contribution in [1.82, 2.24) is 15.5 Å². The van der Waals surface area contributed by atoms with E-state index < -0.39 is 0 Å². The number of carbonyl (C=O) groups is 2. The molecule has 1 aliphatic carbocycles. The molecule has 1 aromatic rings. The molecule has 26 heavy (non-hydrogen) atoms. The number of benzene rings is 1. The molecule has 0 radical (unpaired) electrons. The second kappa shape index (κ2) is 9.04. The zero-order valence-electron chi connectivity index (χ0n) is 14.5. The molecule has 0 aromatic heterocycles. The van der Waals surface area contributed by atoms with Gasteiger partial charge in [-0.3, -0.25) is 14.5 Å². The van der Waals surface area contributed by atoms with E-state index in [0.717, 1.165) is 44.8 Å². The Labute approximate surface area is 163 Å². The molecule has 1 aliphatic heterocycles. The lowest BCUT2D eigenvalue weighted by Gasteiger charge is -2.26. The van der Waals surface area contributed by atoms with Crippen molar-refractivity contribution in [3.63, 3.8) is 0 Å². The number of nitrogens with one attached hydrogen (secondary N) is 2. The smallest absolute Gasteiger partial charge is 0.239 e. The van der Waals surface area contributed by atoms with Gasteiger partial charge in [-0.1, -0.05) is 29.3 Å². The zero-order chi connectivity index (χ0) is 18.5. The summed E-state index contributed by atoms with van der Waals surface area (Å²) in [6.45, 7) is 4.65. The van der Waals surface area contributed by atoms with Crippen molar-refractivity contribution in [3.8, 4) is 0 Å². The molecule has 1 heterocycles. The fraction of sp³-hybridized carbons (Fsp3) is 0.556. The van der Waals surface area contributed by atoms with Gasteiger partial charge in [-0.25, -0.2) is 0 Å². The van der Waals surface area contributed by atoms with Crippen LogP contribution >= 0.6 is 23.2 Å². The van der Waals surface area contributed by atoms with Gasteiger partial charge in [0.1, 0.15) is 0 Å². The molecule has 142 valence electrons. The molecule has 2 aliphatic rings. The van der Waals surface area contributed by atoms with Crippen LogP contribution in [0.15, 0.2) is 18.2 Å². The molecule has 1 saturated carbocycles. The number of hydrogen-bond acceptors (Lipinski definition) is 4. The minimum atomic E-state index is -0.168. The van der Waals surface area contributed by atoms with Crippen LogP contribution in [-0.4, -0.2) is 62.7 Å². The van der Waals surface area contributed by atoms with Gasteiger partial charge in [0.25, 0.3) is 0 Å². The van der Waals surface area contributed by atoms with Crippen molar-refractivity contribution in [2.45, 2.75) is 12.3 Å². The van der Waals surface area contributed by atoms with Crippen molar-refractivity contribution in [1.29, 1.82) is 0 Å². The Kier molecular flexibility index (Phi) is 6.75. The summed E-state index contributed by atoms with van der Waals surface area (Å²) in [4.78, 5) is 26.3. The van der Waals surface area contributed by atoms with E-state index in [1.165, 1.54) is 0 Å². The van der Waals surface area contributed by atoms with Crippen LogP contribution in [0.25, 0.3) is 0 Å². The summed E-state index contributed by atoms with van der Waals surface area (Å²) >= 11 is 11.9. The van der Waals surface area contributed by atoms with Crippen LogP contribution in [0.3, 0.4) is 0 Å². The first kappa shape index (κ1) is 19.4. The van der Waals surface area contributed by atoms with Gasteiger partial charge in [0.15, 0.2) is 0 Å². The van der Waals surface area contributed by atoms with Crippen molar-refractivity contribution in [3.05, 3.63) is 33.8 Å². The summed E-state index contributed by atoms with van der Waals surface area (Å²) in [6, 6.07) is 5.44. The van der Waals surface area contributed by atoms with Gasteiger partial charge in [-0.05, 0) is 30.0 Å². The molecular weight excluding hydrogens is 377 g/mol. The Morgan fingerprint density at radius 2 is 1.92 bits per heavy atom. The lowest BCUT2D eigenvalue weighted by molar-refractivity contribution is -0.126. The van der Waals surface area contributed by atoms with E-state index in [4.69, 9.17) is 27.9 Å². The molecule has 1 saturated heterocycles. The number of carbonyl (C=O) groups excluding carboxylic acids is 2. The maximum atomic E-state index is 12.2. The van der Waals surface area contributed by atoms with Gasteiger partial charge in [0.05, 0.1) is 29.8 Å². The van der Waals surface area contributed by atoms with E-state index in [2.05, 4.69) is 15.5 Å². The maximum absolute atomic E-state index is 12.2. The highest BCUT2D eigenvalue weighted by molar-refractivity contribution is 6.42. The number of morpholine rings is 1. The van der Waals surface area contributed by atoms with Crippen molar-refractivity contribution in [2.75, 3.05) is 45.9 Å². The zero-order valence-corrected chi connectivity index (χ0v) is 16.0. The average Bonchev–Trinajstić information content (AvgIpc) is 3.44. The number of rotatable bonds is 7. The molecule has 2 fully saturated rings. The molecule has 2 atom stereocenters. The lowest BCUT2D eigenvalue weighted by atomic mass is 10.1. The Morgan fingerprint density at radius 1 is 1.15 bits per heavy atom. The van der Waals surface area contributed by atoms with Crippen molar-refractivity contribution < 1.29 is 14.3 Å². The number of hydrogen-bond donors (Lipinski definition) is 2. The summed E-state index contributed by atoms with van der Waals surface area (Å²) in [5, 5.41) is 6.55. The third-order valence-electron chi connectivity index (χ3n) is 4.78. The Hall–Kier alpha value is -1.34. The molecule has 3 rings (SSSR count). The molecule has 2 unspecified atom stereocenters. The minimum Gasteiger partial charge on any atom is -0.379 e. The molecule has 1 aromatic carbocycles. The highest BCUT2D eigenvalue weighted by atomic mass is 35.5. The first-order valence-corrected chi connectivity index (χ1v) is 9.59. The molecular formula is C18H23Cl2N3O3. The van der Waals surface area contributed by atoms with Gasteiger partial charge in [-0.2, -0.15) is 0 Å².